The Bertz CT molecular complexity index is 723. The van der Waals surface area contributed by atoms with Crippen LogP contribution in [-0.2, 0) is 0 Å². The first-order chi connectivity index (χ1) is 11.9. The van der Waals surface area contributed by atoms with Crippen LogP contribution in [0.25, 0.3) is 0 Å². The molecular formula is C20H21BrCl2O2. The lowest BCUT2D eigenvalue weighted by molar-refractivity contribution is 0.242. The summed E-state index contributed by atoms with van der Waals surface area (Å²) in [6.07, 6.45) is 1.78. The predicted octanol–water partition coefficient (Wildman–Crippen LogP) is 7.09. The largest absolute Gasteiger partial charge is 0.491 e. The van der Waals surface area contributed by atoms with E-state index in [-0.39, 0.29) is 16.5 Å². The van der Waals surface area contributed by atoms with Crippen molar-refractivity contribution in [2.45, 2.75) is 32.8 Å². The summed E-state index contributed by atoms with van der Waals surface area (Å²) in [5, 5.41) is 0. The summed E-state index contributed by atoms with van der Waals surface area (Å²) in [5.41, 5.74) is 2.43. The maximum atomic E-state index is 5.70. The van der Waals surface area contributed by atoms with Crippen molar-refractivity contribution in [1.82, 2.24) is 0 Å². The van der Waals surface area contributed by atoms with E-state index in [1.807, 2.05) is 32.0 Å². The molecule has 0 aliphatic carbocycles. The first-order valence-corrected chi connectivity index (χ1v) is 9.61. The summed E-state index contributed by atoms with van der Waals surface area (Å²) in [5.74, 6) is 1.90. The SMILES string of the molecule is CC(C)Oc1ccc(C(C)c2ccc(OCC=C(Cl)Cl)c(Br)c2)cc1. The molecule has 0 aromatic heterocycles. The van der Waals surface area contributed by atoms with Crippen molar-refractivity contribution in [3.05, 3.63) is 68.6 Å². The molecule has 0 saturated carbocycles. The first-order valence-electron chi connectivity index (χ1n) is 8.07. The van der Waals surface area contributed by atoms with E-state index in [2.05, 4.69) is 47.1 Å². The fraction of sp³-hybridized carbons (Fsp3) is 0.300. The maximum absolute atomic E-state index is 5.70. The highest BCUT2D eigenvalue weighted by molar-refractivity contribution is 9.10. The lowest BCUT2D eigenvalue weighted by atomic mass is 9.93. The van der Waals surface area contributed by atoms with Crippen LogP contribution in [0, 0.1) is 0 Å². The highest BCUT2D eigenvalue weighted by atomic mass is 79.9. The Balaban J connectivity index is 2.10. The highest BCUT2D eigenvalue weighted by Gasteiger charge is 2.11. The summed E-state index contributed by atoms with van der Waals surface area (Å²) in [4.78, 5) is 0. The second-order valence-corrected chi connectivity index (χ2v) is 7.81. The molecule has 0 spiro atoms. The van der Waals surface area contributed by atoms with Gasteiger partial charge >= 0.3 is 0 Å². The first kappa shape index (κ1) is 20.2. The quantitative estimate of drug-likeness (QED) is 0.454. The molecule has 0 amide bonds. The molecule has 0 heterocycles. The minimum absolute atomic E-state index is 0.176. The van der Waals surface area contributed by atoms with Gasteiger partial charge in [-0.05, 0) is 71.2 Å². The molecule has 5 heteroatoms. The number of hydrogen-bond acceptors (Lipinski definition) is 2. The molecule has 0 radical (unpaired) electrons. The molecule has 2 rings (SSSR count). The maximum Gasteiger partial charge on any atom is 0.133 e. The minimum atomic E-state index is 0.176. The molecular weight excluding hydrogens is 423 g/mol. The summed E-state index contributed by atoms with van der Waals surface area (Å²) in [7, 11) is 0. The number of rotatable bonds is 7. The average Bonchev–Trinajstić information content (AvgIpc) is 2.55. The van der Waals surface area contributed by atoms with Gasteiger partial charge in [-0.3, -0.25) is 0 Å². The van der Waals surface area contributed by atoms with E-state index in [1.165, 1.54) is 11.1 Å². The van der Waals surface area contributed by atoms with Crippen molar-refractivity contribution in [3.8, 4) is 11.5 Å². The zero-order chi connectivity index (χ0) is 18.4. The molecule has 1 atom stereocenters. The Labute approximate surface area is 167 Å². The van der Waals surface area contributed by atoms with Gasteiger partial charge in [0.1, 0.15) is 22.6 Å². The van der Waals surface area contributed by atoms with Gasteiger partial charge in [0, 0.05) is 5.92 Å². The zero-order valence-corrected chi connectivity index (χ0v) is 17.5. The zero-order valence-electron chi connectivity index (χ0n) is 14.4. The van der Waals surface area contributed by atoms with Crippen molar-refractivity contribution in [2.75, 3.05) is 6.61 Å². The predicted molar refractivity (Wildman–Crippen MR) is 109 cm³/mol. The van der Waals surface area contributed by atoms with Crippen LogP contribution in [0.1, 0.15) is 37.8 Å². The fourth-order valence-corrected chi connectivity index (χ4v) is 3.03. The van der Waals surface area contributed by atoms with Crippen LogP contribution in [0.3, 0.4) is 0 Å². The Kier molecular flexibility index (Phi) is 7.67. The monoisotopic (exact) mass is 442 g/mol. The molecule has 0 saturated heterocycles. The van der Waals surface area contributed by atoms with Crippen molar-refractivity contribution in [3.63, 3.8) is 0 Å². The van der Waals surface area contributed by atoms with Crippen LogP contribution in [0.4, 0.5) is 0 Å². The van der Waals surface area contributed by atoms with Gasteiger partial charge in [0.15, 0.2) is 0 Å². The Morgan fingerprint density at radius 1 is 1.04 bits per heavy atom. The van der Waals surface area contributed by atoms with Gasteiger partial charge < -0.3 is 9.47 Å². The van der Waals surface area contributed by atoms with Gasteiger partial charge in [-0.15, -0.1) is 0 Å². The normalized spacial score (nSPS) is 12.0. The van der Waals surface area contributed by atoms with Crippen LogP contribution in [0.2, 0.25) is 0 Å². The van der Waals surface area contributed by atoms with E-state index >= 15 is 0 Å². The molecule has 2 aromatic rings. The fourth-order valence-electron chi connectivity index (χ4n) is 2.40. The molecule has 0 aliphatic heterocycles. The molecule has 0 N–H and O–H groups in total. The molecule has 25 heavy (non-hydrogen) atoms. The van der Waals surface area contributed by atoms with Gasteiger partial charge in [0.25, 0.3) is 0 Å². The molecule has 2 nitrogen and oxygen atoms in total. The topological polar surface area (TPSA) is 18.5 Å². The highest BCUT2D eigenvalue weighted by Crippen LogP contribution is 2.32. The standard InChI is InChI=1S/C20H21BrCl2O2/c1-13(2)25-17-7-4-15(5-8-17)14(3)16-6-9-19(18(21)12-16)24-11-10-20(22)23/h4-10,12-14H,11H2,1-3H3. The second kappa shape index (κ2) is 9.51. The van der Waals surface area contributed by atoms with Crippen LogP contribution < -0.4 is 9.47 Å². The summed E-state index contributed by atoms with van der Waals surface area (Å²) >= 11 is 14.7. The molecule has 0 bridgehead atoms. The van der Waals surface area contributed by atoms with Crippen molar-refractivity contribution >= 4 is 39.1 Å². The van der Waals surface area contributed by atoms with E-state index in [9.17, 15) is 0 Å². The van der Waals surface area contributed by atoms with Crippen LogP contribution >= 0.6 is 39.1 Å². The second-order valence-electron chi connectivity index (χ2n) is 5.95. The van der Waals surface area contributed by atoms with Gasteiger partial charge in [-0.2, -0.15) is 0 Å². The lowest BCUT2D eigenvalue weighted by Gasteiger charge is -2.16. The third-order valence-corrected chi connectivity index (χ3v) is 4.61. The number of ether oxygens (including phenoxy) is 2. The number of hydrogen-bond donors (Lipinski definition) is 0. The van der Waals surface area contributed by atoms with E-state index in [0.29, 0.717) is 6.61 Å². The molecule has 2 aromatic carbocycles. The summed E-state index contributed by atoms with van der Waals surface area (Å²) in [6.45, 7) is 6.55. The van der Waals surface area contributed by atoms with Gasteiger partial charge in [0.2, 0.25) is 0 Å². The molecule has 134 valence electrons. The average molecular weight is 444 g/mol. The van der Waals surface area contributed by atoms with Crippen molar-refractivity contribution in [2.24, 2.45) is 0 Å². The third kappa shape index (κ3) is 6.25. The van der Waals surface area contributed by atoms with E-state index < -0.39 is 0 Å². The summed E-state index contributed by atoms with van der Waals surface area (Å²) < 4.78 is 12.4. The van der Waals surface area contributed by atoms with E-state index in [0.717, 1.165) is 16.0 Å². The van der Waals surface area contributed by atoms with Gasteiger partial charge in [-0.1, -0.05) is 48.3 Å². The minimum Gasteiger partial charge on any atom is -0.491 e. The van der Waals surface area contributed by atoms with Crippen LogP contribution in [0.15, 0.2) is 57.5 Å². The summed E-state index contributed by atoms with van der Waals surface area (Å²) in [6, 6.07) is 14.3. The van der Waals surface area contributed by atoms with Gasteiger partial charge in [0.05, 0.1) is 10.6 Å². The Morgan fingerprint density at radius 3 is 2.24 bits per heavy atom. The van der Waals surface area contributed by atoms with Gasteiger partial charge in [-0.25, -0.2) is 0 Å². The molecule has 0 fully saturated rings. The Morgan fingerprint density at radius 2 is 1.68 bits per heavy atom. The molecule has 0 aliphatic rings. The van der Waals surface area contributed by atoms with Crippen molar-refractivity contribution in [1.29, 1.82) is 0 Å². The Hall–Kier alpha value is -1.16. The molecule has 1 unspecified atom stereocenters. The van der Waals surface area contributed by atoms with Crippen molar-refractivity contribution < 1.29 is 9.47 Å². The van der Waals surface area contributed by atoms with Crippen LogP contribution in [-0.4, -0.2) is 12.7 Å². The number of benzene rings is 2. The van der Waals surface area contributed by atoms with E-state index in [1.54, 1.807) is 6.08 Å². The third-order valence-electron chi connectivity index (χ3n) is 3.68. The lowest BCUT2D eigenvalue weighted by Crippen LogP contribution is -2.05. The smallest absolute Gasteiger partial charge is 0.133 e. The van der Waals surface area contributed by atoms with E-state index in [4.69, 9.17) is 32.7 Å². The van der Waals surface area contributed by atoms with Crippen LogP contribution in [0.5, 0.6) is 11.5 Å². The number of halogens is 3.